The van der Waals surface area contributed by atoms with Crippen molar-refractivity contribution in [1.82, 2.24) is 15.5 Å². The van der Waals surface area contributed by atoms with E-state index in [1.54, 1.807) is 12.1 Å². The number of likely N-dealkylation sites (N-methyl/N-ethyl adjacent to an activating group) is 1. The van der Waals surface area contributed by atoms with Gasteiger partial charge in [-0.1, -0.05) is 6.07 Å². The van der Waals surface area contributed by atoms with Crippen LogP contribution in [-0.2, 0) is 45.3 Å². The number of aliphatic hydroxyl groups excluding tert-OH is 2. The highest BCUT2D eigenvalue weighted by molar-refractivity contribution is 5.85. The van der Waals surface area contributed by atoms with Crippen LogP contribution in [0.2, 0.25) is 0 Å². The molecule has 0 radical (unpaired) electrons. The second-order valence-electron chi connectivity index (χ2n) is 12.8. The number of hydrogen-bond donors (Lipinski definition) is 7. The van der Waals surface area contributed by atoms with E-state index >= 15 is 0 Å². The number of aliphatic hydroxyl groups is 2. The molecule has 1 saturated heterocycles. The van der Waals surface area contributed by atoms with Gasteiger partial charge in [0.1, 0.15) is 11.5 Å². The number of hydrogen-bond acceptors (Lipinski definition) is 12. The molecule has 16 nitrogen and oxygen atoms in total. The zero-order valence-electron chi connectivity index (χ0n) is 26.3. The van der Waals surface area contributed by atoms with E-state index in [1.807, 2.05) is 13.1 Å². The highest BCUT2D eigenvalue weighted by Crippen LogP contribution is 2.70. The number of rotatable bonds is 15. The third-order valence-electron chi connectivity index (χ3n) is 10.1. The fourth-order valence-electron chi connectivity index (χ4n) is 7.93. The molecule has 5 rings (SSSR count). The largest absolute Gasteiger partial charge is 0.504 e. The van der Waals surface area contributed by atoms with Crippen LogP contribution in [0, 0.1) is 5.41 Å². The molecule has 2 aliphatic heterocycles. The number of nitrogens with one attached hydrogen (secondary N) is 2. The van der Waals surface area contributed by atoms with Gasteiger partial charge in [0.05, 0.1) is 24.7 Å². The molecule has 1 aromatic rings. The van der Waals surface area contributed by atoms with Gasteiger partial charge in [0.2, 0.25) is 11.8 Å². The summed E-state index contributed by atoms with van der Waals surface area (Å²) in [7, 11) is 1.98. The zero-order valence-corrected chi connectivity index (χ0v) is 26.3. The molecule has 0 aromatic heterocycles. The number of piperidine rings is 1. The van der Waals surface area contributed by atoms with Crippen LogP contribution in [0.5, 0.6) is 11.5 Å². The molecule has 1 aromatic carbocycles. The van der Waals surface area contributed by atoms with Gasteiger partial charge < -0.3 is 50.5 Å². The average molecular weight is 674 g/mol. The summed E-state index contributed by atoms with van der Waals surface area (Å²) in [6.45, 7) is 0.406. The van der Waals surface area contributed by atoms with Gasteiger partial charge in [0, 0.05) is 43.0 Å². The number of ketones is 1. The van der Waals surface area contributed by atoms with Crippen molar-refractivity contribution in [3.63, 3.8) is 0 Å². The van der Waals surface area contributed by atoms with Crippen LogP contribution in [0.25, 0.3) is 0 Å². The molecule has 1 fully saturated rings. The van der Waals surface area contributed by atoms with E-state index in [0.29, 0.717) is 25.8 Å². The van der Waals surface area contributed by atoms with Crippen LogP contribution >= 0.6 is 0 Å². The minimum Gasteiger partial charge on any atom is -0.504 e. The highest BCUT2D eigenvalue weighted by atomic mass is 16.6. The molecule has 2 heterocycles. The van der Waals surface area contributed by atoms with Gasteiger partial charge in [0.25, 0.3) is 0 Å². The number of aromatic hydroxyl groups is 1. The predicted molar refractivity (Wildman–Crippen MR) is 162 cm³/mol. The van der Waals surface area contributed by atoms with Crippen LogP contribution in [0.1, 0.15) is 56.1 Å². The Kier molecular flexibility index (Phi) is 9.80. The number of phenols is 1. The number of Topliss-reactive ketones (excluding diaryl/α,β-unsaturated/α-hetero) is 1. The number of allylic oxidation sites excluding steroid dienone is 1. The van der Waals surface area contributed by atoms with Gasteiger partial charge in [-0.2, -0.15) is 0 Å². The number of carboxylic acid groups (broad SMARTS) is 2. The van der Waals surface area contributed by atoms with E-state index in [4.69, 9.17) is 19.7 Å². The summed E-state index contributed by atoms with van der Waals surface area (Å²) in [5, 5.41) is 52.2. The molecular formula is C32H39N3O13. The van der Waals surface area contributed by atoms with Crippen LogP contribution in [-0.4, -0.2) is 117 Å². The van der Waals surface area contributed by atoms with Crippen molar-refractivity contribution in [3.05, 3.63) is 35.1 Å². The number of esters is 1. The van der Waals surface area contributed by atoms with Gasteiger partial charge in [-0.05, 0) is 50.6 Å². The lowest BCUT2D eigenvalue weighted by atomic mass is 9.43. The minimum absolute atomic E-state index is 0.0464. The molecular weight excluding hydrogens is 634 g/mol. The van der Waals surface area contributed by atoms with Crippen molar-refractivity contribution >= 4 is 35.5 Å². The van der Waals surface area contributed by atoms with Crippen molar-refractivity contribution in [2.45, 2.75) is 81.1 Å². The maximum absolute atomic E-state index is 13.7. The van der Waals surface area contributed by atoms with E-state index in [0.717, 1.165) is 11.1 Å². The summed E-state index contributed by atoms with van der Waals surface area (Å²) in [4.78, 5) is 74.4. The first-order valence-electron chi connectivity index (χ1n) is 15.7. The number of phenolic OH excluding ortho intramolecular Hbond substituents is 1. The molecule has 48 heavy (non-hydrogen) atoms. The molecule has 2 bridgehead atoms. The SMILES string of the molecule is CN1CC[C@]23c4c5ccc(O)c4O[C@H]2C(OC(=O)CCNC(=O)C[C@H](O)C(=O)O)=CC[C@@]3(CC(=O)CCNC(=O)C[C@H](O)C(=O)O)[C@H]1C5. The Bertz CT molecular complexity index is 1560. The average Bonchev–Trinajstić information content (AvgIpc) is 3.37. The summed E-state index contributed by atoms with van der Waals surface area (Å²) in [6, 6.07) is 3.27. The Hall–Kier alpha value is -4.54. The molecule has 0 saturated carbocycles. The highest BCUT2D eigenvalue weighted by Gasteiger charge is 2.72. The topological polar surface area (TPSA) is 249 Å². The molecule has 0 unspecified atom stereocenters. The molecule has 7 N–H and O–H groups in total. The number of ether oxygens (including phenoxy) is 2. The number of likely N-dealkylation sites (tertiary alicyclic amines) is 1. The van der Waals surface area contributed by atoms with Crippen molar-refractivity contribution in [1.29, 1.82) is 0 Å². The fraction of sp³-hybridized carbons (Fsp3) is 0.562. The van der Waals surface area contributed by atoms with E-state index in [9.17, 15) is 44.1 Å². The second-order valence-corrected chi connectivity index (χ2v) is 12.8. The molecule has 6 atom stereocenters. The van der Waals surface area contributed by atoms with Crippen molar-refractivity contribution in [2.24, 2.45) is 5.41 Å². The van der Waals surface area contributed by atoms with Crippen LogP contribution in [0.4, 0.5) is 0 Å². The standard InChI is InChI=1S/C32H39N3O13/c1-35-11-8-32-26-16-2-3-18(37)27(26)48-28(32)21(47-25(42)6-10-34-24(41)14-20(39)30(45)46)4-7-31(32,22(35)12-16)15-17(36)5-9-33-23(40)13-19(38)29(43)44/h2-4,19-20,22,28,37-39H,5-15H2,1H3,(H,33,40)(H,34,41)(H,43,44)(H,45,46)/t19-,20-,22+,28-,31+,32-/m0/s1. The summed E-state index contributed by atoms with van der Waals surface area (Å²) < 4.78 is 12.2. The van der Waals surface area contributed by atoms with Gasteiger partial charge in [-0.25, -0.2) is 9.59 Å². The number of carboxylic acids is 2. The molecule has 1 spiro atoms. The van der Waals surface area contributed by atoms with Crippen molar-refractivity contribution < 1.29 is 63.8 Å². The quantitative estimate of drug-likeness (QED) is 0.112. The molecule has 4 aliphatic rings. The smallest absolute Gasteiger partial charge is 0.333 e. The van der Waals surface area contributed by atoms with E-state index in [2.05, 4.69) is 15.5 Å². The number of carbonyl (C=O) groups excluding carboxylic acids is 4. The Morgan fingerprint density at radius 1 is 1.00 bits per heavy atom. The predicted octanol–water partition coefficient (Wildman–Crippen LogP) is -0.889. The Morgan fingerprint density at radius 3 is 2.25 bits per heavy atom. The third kappa shape index (κ3) is 6.22. The maximum Gasteiger partial charge on any atom is 0.333 e. The summed E-state index contributed by atoms with van der Waals surface area (Å²) >= 11 is 0. The summed E-state index contributed by atoms with van der Waals surface area (Å²) in [5.74, 6) is -4.99. The van der Waals surface area contributed by atoms with Crippen LogP contribution in [0.15, 0.2) is 24.0 Å². The first-order valence-corrected chi connectivity index (χ1v) is 15.7. The first-order chi connectivity index (χ1) is 22.7. The van der Waals surface area contributed by atoms with Gasteiger partial charge in [0.15, 0.2) is 29.8 Å². The molecule has 16 heteroatoms. The lowest BCUT2D eigenvalue weighted by molar-refractivity contribution is -0.150. The normalized spacial score (nSPS) is 26.2. The molecule has 2 amide bonds. The zero-order chi connectivity index (χ0) is 35.0. The number of benzene rings is 1. The molecule has 260 valence electrons. The van der Waals surface area contributed by atoms with Crippen LogP contribution in [0.3, 0.4) is 0 Å². The summed E-state index contributed by atoms with van der Waals surface area (Å²) in [6.07, 6.45) is -2.98. The number of carbonyl (C=O) groups is 6. The van der Waals surface area contributed by atoms with Gasteiger partial charge in [-0.15, -0.1) is 0 Å². The van der Waals surface area contributed by atoms with E-state index in [1.165, 1.54) is 0 Å². The number of aliphatic carboxylic acids is 2. The Balaban J connectivity index is 1.36. The van der Waals surface area contributed by atoms with Crippen molar-refractivity contribution in [3.8, 4) is 11.5 Å². The third-order valence-corrected chi connectivity index (χ3v) is 10.1. The minimum atomic E-state index is -1.87. The Labute approximate surface area is 274 Å². The lowest BCUT2D eigenvalue weighted by Gasteiger charge is -2.64. The first kappa shape index (κ1) is 34.8. The number of amides is 2. The monoisotopic (exact) mass is 673 g/mol. The van der Waals surface area contributed by atoms with E-state index < -0.39 is 71.7 Å². The van der Waals surface area contributed by atoms with Gasteiger partial charge in [-0.3, -0.25) is 19.2 Å². The Morgan fingerprint density at radius 2 is 1.62 bits per heavy atom. The van der Waals surface area contributed by atoms with Gasteiger partial charge >= 0.3 is 17.9 Å². The molecule has 2 aliphatic carbocycles. The van der Waals surface area contributed by atoms with E-state index in [-0.39, 0.29) is 61.4 Å². The fourth-order valence-corrected chi connectivity index (χ4v) is 7.93. The van der Waals surface area contributed by atoms with Crippen molar-refractivity contribution in [2.75, 3.05) is 26.7 Å². The maximum atomic E-state index is 13.7. The summed E-state index contributed by atoms with van der Waals surface area (Å²) in [5.41, 5.74) is 0.133. The second kappa shape index (κ2) is 13.5. The van der Waals surface area contributed by atoms with Crippen LogP contribution < -0.4 is 15.4 Å². The number of nitrogens with zero attached hydrogens (tertiary/aromatic N) is 1. The lowest BCUT2D eigenvalue weighted by Crippen LogP contribution is -2.70.